The molecule has 0 unspecified atom stereocenters. The Morgan fingerprint density at radius 1 is 1.26 bits per heavy atom. The number of anilines is 2. The summed E-state index contributed by atoms with van der Waals surface area (Å²) in [5.41, 5.74) is 11.6. The Balaban J connectivity index is 2.48. The van der Waals surface area contributed by atoms with Gasteiger partial charge in [0.05, 0.1) is 9.50 Å². The molecule has 1 aromatic heterocycles. The van der Waals surface area contributed by atoms with Crippen LogP contribution >= 0.6 is 43.5 Å². The third-order valence-corrected chi connectivity index (χ3v) is 4.11. The normalized spacial score (nSPS) is 11.4. The van der Waals surface area contributed by atoms with Gasteiger partial charge in [-0.15, -0.1) is 10.2 Å². The topological polar surface area (TPSA) is 105 Å². The molecule has 0 amide bonds. The maximum absolute atomic E-state index is 13.3. The number of hydrogen-bond acceptors (Lipinski definition) is 5. The van der Waals surface area contributed by atoms with Crippen LogP contribution in [0.2, 0.25) is 5.02 Å². The number of H-pyrrole nitrogens is 1. The molecule has 2 rings (SSSR count). The average Bonchev–Trinajstić information content (AvgIpc) is 2.67. The van der Waals surface area contributed by atoms with Crippen molar-refractivity contribution in [1.82, 2.24) is 10.2 Å². The summed E-state index contributed by atoms with van der Waals surface area (Å²) in [6.45, 7) is 0. The van der Waals surface area contributed by atoms with E-state index >= 15 is 0 Å². The average molecular weight is 412 g/mol. The van der Waals surface area contributed by atoms with E-state index in [1.807, 2.05) is 0 Å². The van der Waals surface area contributed by atoms with Crippen LogP contribution < -0.4 is 11.5 Å². The summed E-state index contributed by atoms with van der Waals surface area (Å²) in [5, 5.41) is 13.8. The molecule has 10 heteroatoms. The molecular formula is C9H6Br2ClFN6. The van der Waals surface area contributed by atoms with E-state index in [1.165, 1.54) is 6.07 Å². The van der Waals surface area contributed by atoms with Gasteiger partial charge in [0.2, 0.25) is 0 Å². The Morgan fingerprint density at radius 2 is 1.89 bits per heavy atom. The lowest BCUT2D eigenvalue weighted by molar-refractivity contribution is 0.626. The fourth-order valence-corrected chi connectivity index (χ4v) is 2.59. The molecule has 0 aliphatic heterocycles. The van der Waals surface area contributed by atoms with Crippen molar-refractivity contribution in [1.29, 1.82) is 0 Å². The Hall–Kier alpha value is -1.19. The Kier molecular flexibility index (Phi) is 4.07. The number of nitrogens with two attached hydrogens (primary N) is 2. The summed E-state index contributed by atoms with van der Waals surface area (Å²) in [4.78, 5) is 0. The van der Waals surface area contributed by atoms with Crippen LogP contribution in [0.1, 0.15) is 0 Å². The molecule has 2 aromatic rings. The van der Waals surface area contributed by atoms with Crippen molar-refractivity contribution >= 4 is 66.5 Å². The standard InChI is InChI=1S/C9H6Br2ClFN6/c10-2-1-3(13)5(12)4(11)6(2)16-17-7-8(14)18-19-9(7)15/h1H,(H5,14,15,18,19). The van der Waals surface area contributed by atoms with Crippen LogP contribution in [0.25, 0.3) is 0 Å². The number of halogens is 4. The molecule has 0 saturated carbocycles. The van der Waals surface area contributed by atoms with Gasteiger partial charge in [-0.1, -0.05) is 11.6 Å². The summed E-state index contributed by atoms with van der Waals surface area (Å²) >= 11 is 12.1. The third kappa shape index (κ3) is 2.72. The van der Waals surface area contributed by atoms with Crippen molar-refractivity contribution in [3.63, 3.8) is 0 Å². The van der Waals surface area contributed by atoms with Crippen LogP contribution in [0.3, 0.4) is 0 Å². The van der Waals surface area contributed by atoms with Crippen LogP contribution in [-0.2, 0) is 0 Å². The van der Waals surface area contributed by atoms with Crippen molar-refractivity contribution in [3.8, 4) is 0 Å². The summed E-state index contributed by atoms with van der Waals surface area (Å²) in [6.07, 6.45) is 0. The van der Waals surface area contributed by atoms with Gasteiger partial charge in [-0.2, -0.15) is 5.10 Å². The monoisotopic (exact) mass is 410 g/mol. The number of azo groups is 1. The summed E-state index contributed by atoms with van der Waals surface area (Å²) < 4.78 is 14.0. The van der Waals surface area contributed by atoms with Crippen molar-refractivity contribution in [2.24, 2.45) is 10.2 Å². The zero-order valence-corrected chi connectivity index (χ0v) is 13.0. The molecule has 0 spiro atoms. The smallest absolute Gasteiger partial charge is 0.175 e. The molecule has 6 nitrogen and oxygen atoms in total. The number of nitrogens with zero attached hydrogens (tertiary/aromatic N) is 3. The third-order valence-electron chi connectivity index (χ3n) is 2.13. The van der Waals surface area contributed by atoms with Gasteiger partial charge in [0.25, 0.3) is 0 Å². The lowest BCUT2D eigenvalue weighted by atomic mass is 10.3. The largest absolute Gasteiger partial charge is 0.382 e. The van der Waals surface area contributed by atoms with E-state index in [0.29, 0.717) is 10.2 Å². The molecule has 1 heterocycles. The highest BCUT2D eigenvalue weighted by atomic mass is 79.9. The number of rotatable bonds is 2. The van der Waals surface area contributed by atoms with Gasteiger partial charge >= 0.3 is 0 Å². The molecule has 5 N–H and O–H groups in total. The molecule has 19 heavy (non-hydrogen) atoms. The first-order chi connectivity index (χ1) is 8.91. The maximum Gasteiger partial charge on any atom is 0.175 e. The minimum atomic E-state index is -0.582. The van der Waals surface area contributed by atoms with E-state index in [0.717, 1.165) is 0 Å². The van der Waals surface area contributed by atoms with E-state index in [2.05, 4.69) is 52.3 Å². The fourth-order valence-electron chi connectivity index (χ4n) is 1.22. The Morgan fingerprint density at radius 3 is 2.47 bits per heavy atom. The lowest BCUT2D eigenvalue weighted by Crippen LogP contribution is -1.85. The molecule has 1 aromatic carbocycles. The number of aromatic nitrogens is 2. The van der Waals surface area contributed by atoms with E-state index < -0.39 is 5.82 Å². The molecule has 100 valence electrons. The van der Waals surface area contributed by atoms with Crippen molar-refractivity contribution in [2.75, 3.05) is 11.5 Å². The fraction of sp³-hybridized carbons (Fsp3) is 0. The Labute approximate surface area is 128 Å². The van der Waals surface area contributed by atoms with Gasteiger partial charge < -0.3 is 11.5 Å². The molecule has 0 atom stereocenters. The maximum atomic E-state index is 13.3. The molecule has 0 aliphatic rings. The molecule has 0 radical (unpaired) electrons. The van der Waals surface area contributed by atoms with Crippen molar-refractivity contribution < 1.29 is 4.39 Å². The second-order valence-corrected chi connectivity index (χ2v) is 5.41. The van der Waals surface area contributed by atoms with Gasteiger partial charge in [0.1, 0.15) is 17.3 Å². The highest BCUT2D eigenvalue weighted by Gasteiger charge is 2.14. The summed E-state index contributed by atoms with van der Waals surface area (Å²) in [6, 6.07) is 1.18. The predicted octanol–water partition coefficient (Wildman–Crippen LogP) is 4.31. The second kappa shape index (κ2) is 5.43. The van der Waals surface area contributed by atoms with Gasteiger partial charge in [-0.25, -0.2) is 4.39 Å². The number of aromatic amines is 1. The van der Waals surface area contributed by atoms with Crippen molar-refractivity contribution in [3.05, 3.63) is 25.9 Å². The SMILES string of the molecule is Nc1n[nH]c(N)c1N=Nc1c(Br)cc(F)c(Cl)c1Br. The second-order valence-electron chi connectivity index (χ2n) is 3.39. The number of benzene rings is 1. The van der Waals surface area contributed by atoms with Crippen LogP contribution in [-0.4, -0.2) is 10.2 Å². The van der Waals surface area contributed by atoms with Crippen LogP contribution in [0.5, 0.6) is 0 Å². The number of hydrogen-bond donors (Lipinski definition) is 3. The first kappa shape index (κ1) is 14.2. The number of nitrogens with one attached hydrogen (secondary N) is 1. The van der Waals surface area contributed by atoms with Crippen LogP contribution in [0.15, 0.2) is 25.2 Å². The summed E-state index contributed by atoms with van der Waals surface area (Å²) in [5.74, 6) is -0.287. The minimum Gasteiger partial charge on any atom is -0.382 e. The first-order valence-electron chi connectivity index (χ1n) is 4.76. The van der Waals surface area contributed by atoms with Crippen LogP contribution in [0, 0.1) is 5.82 Å². The molecule has 0 bridgehead atoms. The highest BCUT2D eigenvalue weighted by molar-refractivity contribution is 9.11. The number of nitrogen functional groups attached to an aromatic ring is 2. The van der Waals surface area contributed by atoms with Gasteiger partial charge in [-0.3, -0.25) is 5.10 Å². The van der Waals surface area contributed by atoms with E-state index in [9.17, 15) is 4.39 Å². The molecular weight excluding hydrogens is 406 g/mol. The minimum absolute atomic E-state index is 0.0923. The van der Waals surface area contributed by atoms with Gasteiger partial charge in [-0.05, 0) is 37.9 Å². The zero-order chi connectivity index (χ0) is 14.2. The van der Waals surface area contributed by atoms with E-state index in [-0.39, 0.29) is 26.8 Å². The molecule has 0 fully saturated rings. The van der Waals surface area contributed by atoms with Gasteiger partial charge in [0, 0.05) is 4.47 Å². The van der Waals surface area contributed by atoms with Crippen LogP contribution in [0.4, 0.5) is 27.4 Å². The first-order valence-corrected chi connectivity index (χ1v) is 6.72. The zero-order valence-electron chi connectivity index (χ0n) is 9.09. The summed E-state index contributed by atoms with van der Waals surface area (Å²) in [7, 11) is 0. The predicted molar refractivity (Wildman–Crippen MR) is 78.4 cm³/mol. The van der Waals surface area contributed by atoms with Crippen molar-refractivity contribution in [2.45, 2.75) is 0 Å². The van der Waals surface area contributed by atoms with E-state index in [4.69, 9.17) is 23.1 Å². The van der Waals surface area contributed by atoms with E-state index in [1.54, 1.807) is 0 Å². The lowest BCUT2D eigenvalue weighted by Gasteiger charge is -2.04. The Bertz CT molecular complexity index is 652. The quantitative estimate of drug-likeness (QED) is 0.389. The molecule has 0 saturated heterocycles. The highest BCUT2D eigenvalue weighted by Crippen LogP contribution is 2.41. The van der Waals surface area contributed by atoms with Gasteiger partial charge in [0.15, 0.2) is 11.5 Å². The molecule has 0 aliphatic carbocycles.